The third-order valence-electron chi connectivity index (χ3n) is 5.43. The number of esters is 1. The number of carbonyl (C=O) groups is 3. The van der Waals surface area contributed by atoms with Crippen molar-refractivity contribution in [1.82, 2.24) is 4.98 Å². The van der Waals surface area contributed by atoms with Crippen molar-refractivity contribution >= 4 is 62.5 Å². The minimum absolute atomic E-state index is 0.0741. The molecule has 0 aliphatic carbocycles. The van der Waals surface area contributed by atoms with E-state index in [0.29, 0.717) is 22.6 Å². The summed E-state index contributed by atoms with van der Waals surface area (Å²) in [7, 11) is 1.50. The first-order valence-electron chi connectivity index (χ1n) is 10.6. The normalized spacial score (nSPS) is 17.0. The smallest absolute Gasteiger partial charge is 0.350 e. The molecule has 1 amide bonds. The van der Waals surface area contributed by atoms with Gasteiger partial charge in [-0.3, -0.25) is 14.5 Å². The van der Waals surface area contributed by atoms with Crippen LogP contribution >= 0.6 is 33.9 Å². The molecule has 1 saturated heterocycles. The molecule has 0 saturated carbocycles. The van der Waals surface area contributed by atoms with Gasteiger partial charge in [0.1, 0.15) is 16.4 Å². The Morgan fingerprint density at radius 3 is 2.57 bits per heavy atom. The highest BCUT2D eigenvalue weighted by Crippen LogP contribution is 2.44. The number of Topliss-reactive ketones (excluding diaryl/α,β-unsaturated/α-hetero) is 1. The number of halogens is 1. The molecule has 8 nitrogen and oxygen atoms in total. The third-order valence-corrected chi connectivity index (χ3v) is 7.28. The number of aryl methyl sites for hydroxylation is 1. The van der Waals surface area contributed by atoms with Gasteiger partial charge in [0.15, 0.2) is 5.13 Å². The van der Waals surface area contributed by atoms with E-state index in [2.05, 4.69) is 27.6 Å². The number of rotatable bonds is 6. The summed E-state index contributed by atoms with van der Waals surface area (Å²) >= 11 is 3.13. The number of nitrogens with zero attached hydrogens (tertiary/aromatic N) is 2. The monoisotopic (exact) mass is 604 g/mol. The van der Waals surface area contributed by atoms with Crippen LogP contribution in [0.4, 0.5) is 5.13 Å². The highest BCUT2D eigenvalue weighted by molar-refractivity contribution is 14.1. The van der Waals surface area contributed by atoms with Crippen LogP contribution in [-0.2, 0) is 14.3 Å². The molecule has 1 aliphatic rings. The summed E-state index contributed by atoms with van der Waals surface area (Å²) < 4.78 is 11.3. The van der Waals surface area contributed by atoms with Crippen molar-refractivity contribution in [2.45, 2.75) is 19.9 Å². The molecule has 35 heavy (non-hydrogen) atoms. The van der Waals surface area contributed by atoms with Crippen LogP contribution in [0.15, 0.2) is 54.1 Å². The molecule has 1 fully saturated rings. The molecule has 2 aromatic carbocycles. The quantitative estimate of drug-likeness (QED) is 0.141. The van der Waals surface area contributed by atoms with Crippen molar-refractivity contribution < 1.29 is 29.0 Å². The van der Waals surface area contributed by atoms with Crippen LogP contribution in [0.2, 0.25) is 0 Å². The Labute approximate surface area is 219 Å². The van der Waals surface area contributed by atoms with E-state index >= 15 is 0 Å². The van der Waals surface area contributed by atoms with Gasteiger partial charge in [0.2, 0.25) is 0 Å². The third kappa shape index (κ3) is 4.67. The molecule has 0 bridgehead atoms. The van der Waals surface area contributed by atoms with Crippen LogP contribution in [0.3, 0.4) is 0 Å². The maximum absolute atomic E-state index is 13.3. The number of benzene rings is 2. The number of ketones is 1. The number of aliphatic hydroxyl groups is 1. The molecule has 1 aromatic heterocycles. The van der Waals surface area contributed by atoms with E-state index in [1.165, 1.54) is 12.0 Å². The summed E-state index contributed by atoms with van der Waals surface area (Å²) in [5.41, 5.74) is 1.26. The van der Waals surface area contributed by atoms with Crippen LogP contribution in [0.1, 0.15) is 39.5 Å². The van der Waals surface area contributed by atoms with Crippen LogP contribution in [-0.4, -0.2) is 41.5 Å². The SMILES string of the molecule is CCOC(=O)c1sc(N2C(=O)C(=O)/C(=C(/O)c3cccc(OC)c3)C2c2ccc(I)cc2)nc1C. The van der Waals surface area contributed by atoms with E-state index < -0.39 is 23.7 Å². The largest absolute Gasteiger partial charge is 0.507 e. The second kappa shape index (κ2) is 10.2. The second-order valence-corrected chi connectivity index (χ2v) is 9.81. The molecule has 0 radical (unpaired) electrons. The summed E-state index contributed by atoms with van der Waals surface area (Å²) in [5.74, 6) is -2.08. The molecule has 180 valence electrons. The number of hydrogen-bond donors (Lipinski definition) is 1. The molecule has 1 unspecified atom stereocenters. The van der Waals surface area contributed by atoms with Crippen LogP contribution in [0.25, 0.3) is 5.76 Å². The van der Waals surface area contributed by atoms with Gasteiger partial charge in [-0.25, -0.2) is 9.78 Å². The van der Waals surface area contributed by atoms with Crippen LogP contribution in [0.5, 0.6) is 5.75 Å². The molecule has 4 rings (SSSR count). The Bertz CT molecular complexity index is 1350. The first-order valence-corrected chi connectivity index (χ1v) is 12.5. The van der Waals surface area contributed by atoms with Gasteiger partial charge in [-0.15, -0.1) is 0 Å². The zero-order chi connectivity index (χ0) is 25.3. The summed E-state index contributed by atoms with van der Waals surface area (Å²) in [5, 5.41) is 11.4. The lowest BCUT2D eigenvalue weighted by atomic mass is 9.95. The maximum Gasteiger partial charge on any atom is 0.350 e. The average Bonchev–Trinajstić information content (AvgIpc) is 3.36. The zero-order valence-corrected chi connectivity index (χ0v) is 22.0. The molecule has 2 heterocycles. The van der Waals surface area contributed by atoms with E-state index in [0.717, 1.165) is 14.9 Å². The molecular formula is C25H21IN2O6S. The van der Waals surface area contributed by atoms with E-state index in [1.54, 1.807) is 50.2 Å². The number of methoxy groups -OCH3 is 1. The fraction of sp³-hybridized carbons (Fsp3) is 0.200. The number of anilines is 1. The lowest BCUT2D eigenvalue weighted by Gasteiger charge is -2.23. The van der Waals surface area contributed by atoms with Crippen molar-refractivity contribution in [1.29, 1.82) is 0 Å². The van der Waals surface area contributed by atoms with Crippen molar-refractivity contribution in [3.8, 4) is 5.75 Å². The standard InChI is InChI=1S/C25H21IN2O6S/c1-4-34-24(32)22-13(2)27-25(35-22)28-19(14-8-10-16(26)11-9-14)18(21(30)23(28)31)20(29)15-6-5-7-17(12-15)33-3/h5-12,19,29H,4H2,1-3H3/b20-18+. The topological polar surface area (TPSA) is 106 Å². The molecule has 1 atom stereocenters. The van der Waals surface area contributed by atoms with Crippen molar-refractivity contribution in [2.24, 2.45) is 0 Å². The lowest BCUT2D eigenvalue weighted by molar-refractivity contribution is -0.132. The molecule has 10 heteroatoms. The Morgan fingerprint density at radius 2 is 1.91 bits per heavy atom. The zero-order valence-electron chi connectivity index (χ0n) is 19.1. The second-order valence-electron chi connectivity index (χ2n) is 7.58. The number of aromatic nitrogens is 1. The van der Waals surface area contributed by atoms with Gasteiger partial charge < -0.3 is 14.6 Å². The Morgan fingerprint density at radius 1 is 1.20 bits per heavy atom. The predicted molar refractivity (Wildman–Crippen MR) is 140 cm³/mol. The van der Waals surface area contributed by atoms with Gasteiger partial charge in [0, 0.05) is 9.13 Å². The first-order chi connectivity index (χ1) is 16.8. The minimum Gasteiger partial charge on any atom is -0.507 e. The van der Waals surface area contributed by atoms with E-state index in [9.17, 15) is 19.5 Å². The lowest BCUT2D eigenvalue weighted by Crippen LogP contribution is -2.29. The van der Waals surface area contributed by atoms with Gasteiger partial charge in [-0.2, -0.15) is 0 Å². The fourth-order valence-electron chi connectivity index (χ4n) is 3.79. The minimum atomic E-state index is -0.946. The van der Waals surface area contributed by atoms with E-state index in [-0.39, 0.29) is 27.9 Å². The van der Waals surface area contributed by atoms with Crippen LogP contribution < -0.4 is 9.64 Å². The van der Waals surface area contributed by atoms with Gasteiger partial charge in [-0.05, 0) is 66.3 Å². The number of amides is 1. The van der Waals surface area contributed by atoms with Gasteiger partial charge in [0.05, 0.1) is 31.0 Å². The summed E-state index contributed by atoms with van der Waals surface area (Å²) in [6.45, 7) is 3.53. The van der Waals surface area contributed by atoms with Crippen LogP contribution in [0, 0.1) is 10.5 Å². The number of carbonyl (C=O) groups excluding carboxylic acids is 3. The highest BCUT2D eigenvalue weighted by atomic mass is 127. The molecule has 1 aliphatic heterocycles. The van der Waals surface area contributed by atoms with Crippen molar-refractivity contribution in [2.75, 3.05) is 18.6 Å². The van der Waals surface area contributed by atoms with E-state index in [1.807, 2.05) is 12.1 Å². The fourth-order valence-corrected chi connectivity index (χ4v) is 5.13. The Balaban J connectivity index is 1.91. The number of ether oxygens (including phenoxy) is 2. The highest BCUT2D eigenvalue weighted by Gasteiger charge is 2.48. The van der Waals surface area contributed by atoms with E-state index in [4.69, 9.17) is 9.47 Å². The first kappa shape index (κ1) is 24.9. The molecular weight excluding hydrogens is 583 g/mol. The van der Waals surface area contributed by atoms with Gasteiger partial charge in [-0.1, -0.05) is 35.6 Å². The summed E-state index contributed by atoms with van der Waals surface area (Å²) in [6.07, 6.45) is 0. The Kier molecular flexibility index (Phi) is 7.22. The average molecular weight is 604 g/mol. The summed E-state index contributed by atoms with van der Waals surface area (Å²) in [6, 6.07) is 12.9. The molecule has 0 spiro atoms. The maximum atomic E-state index is 13.3. The van der Waals surface area contributed by atoms with Gasteiger partial charge in [0.25, 0.3) is 5.78 Å². The van der Waals surface area contributed by atoms with Crippen molar-refractivity contribution in [3.63, 3.8) is 0 Å². The summed E-state index contributed by atoms with van der Waals surface area (Å²) in [4.78, 5) is 44.8. The molecule has 1 N–H and O–H groups in total. The number of aliphatic hydroxyl groups excluding tert-OH is 1. The predicted octanol–water partition coefficient (Wildman–Crippen LogP) is 4.87. The Hall–Kier alpha value is -3.25. The van der Waals surface area contributed by atoms with Crippen molar-refractivity contribution in [3.05, 3.63) is 79.4 Å². The number of hydrogen-bond acceptors (Lipinski definition) is 8. The number of thiazole rings is 1. The van der Waals surface area contributed by atoms with Gasteiger partial charge >= 0.3 is 11.9 Å². The molecule has 3 aromatic rings.